The monoisotopic (exact) mass is 513 g/mol. The number of ether oxygens (including phenoxy) is 1. The van der Waals surface area contributed by atoms with Crippen LogP contribution >= 0.6 is 27.5 Å². The molecular formula is C24H21BrClN3O3. The number of halogens is 2. The van der Waals surface area contributed by atoms with Gasteiger partial charge in [0, 0.05) is 5.02 Å². The Kier molecular flexibility index (Phi) is 6.67. The smallest absolute Gasteiger partial charge is 0.291 e. The highest BCUT2D eigenvalue weighted by molar-refractivity contribution is 9.10. The first-order chi connectivity index (χ1) is 15.4. The van der Waals surface area contributed by atoms with Gasteiger partial charge in [-0.05, 0) is 71.7 Å². The Morgan fingerprint density at radius 3 is 2.62 bits per heavy atom. The molecule has 0 saturated heterocycles. The molecular weight excluding hydrogens is 494 g/mol. The second-order valence-corrected chi connectivity index (χ2v) is 8.56. The molecule has 4 aromatic rings. The van der Waals surface area contributed by atoms with E-state index in [0.29, 0.717) is 28.8 Å². The lowest BCUT2D eigenvalue weighted by molar-refractivity contribution is 0.0992. The van der Waals surface area contributed by atoms with E-state index >= 15 is 0 Å². The first-order valence-electron chi connectivity index (χ1n) is 9.96. The molecule has 1 amide bonds. The van der Waals surface area contributed by atoms with Crippen LogP contribution in [0.3, 0.4) is 0 Å². The number of nitrogens with zero attached hydrogens (tertiary/aromatic N) is 2. The molecule has 0 aliphatic carbocycles. The van der Waals surface area contributed by atoms with Crippen LogP contribution in [0.5, 0.6) is 5.75 Å². The lowest BCUT2D eigenvalue weighted by atomic mass is 10.2. The summed E-state index contributed by atoms with van der Waals surface area (Å²) < 4.78 is 14.1. The van der Waals surface area contributed by atoms with Crippen molar-refractivity contribution in [2.75, 3.05) is 5.32 Å². The highest BCUT2D eigenvalue weighted by Crippen LogP contribution is 2.26. The molecule has 2 heterocycles. The number of carbonyl (C=O) groups is 1. The van der Waals surface area contributed by atoms with E-state index in [0.717, 1.165) is 21.4 Å². The first kappa shape index (κ1) is 22.2. The highest BCUT2D eigenvalue weighted by atomic mass is 79.9. The predicted octanol–water partition coefficient (Wildman–Crippen LogP) is 6.39. The maximum absolute atomic E-state index is 12.8. The van der Waals surface area contributed by atoms with Crippen molar-refractivity contribution < 1.29 is 13.9 Å². The van der Waals surface area contributed by atoms with Crippen LogP contribution in [-0.4, -0.2) is 15.7 Å². The van der Waals surface area contributed by atoms with Gasteiger partial charge in [-0.1, -0.05) is 35.9 Å². The molecule has 0 spiro atoms. The predicted molar refractivity (Wildman–Crippen MR) is 127 cm³/mol. The van der Waals surface area contributed by atoms with E-state index in [4.69, 9.17) is 20.8 Å². The zero-order chi connectivity index (χ0) is 22.7. The van der Waals surface area contributed by atoms with Gasteiger partial charge in [-0.2, -0.15) is 5.10 Å². The van der Waals surface area contributed by atoms with Gasteiger partial charge in [0.1, 0.15) is 18.1 Å². The van der Waals surface area contributed by atoms with Gasteiger partial charge in [-0.25, -0.2) is 0 Å². The Morgan fingerprint density at radius 1 is 1.12 bits per heavy atom. The molecule has 0 atom stereocenters. The number of para-hydroxylation sites is 1. The van der Waals surface area contributed by atoms with Crippen molar-refractivity contribution in [3.05, 3.63) is 98.6 Å². The molecule has 0 aliphatic rings. The lowest BCUT2D eigenvalue weighted by Gasteiger charge is -2.07. The van der Waals surface area contributed by atoms with Crippen LogP contribution in [0.4, 0.5) is 5.69 Å². The third-order valence-electron chi connectivity index (χ3n) is 4.96. The van der Waals surface area contributed by atoms with Crippen LogP contribution < -0.4 is 10.1 Å². The summed E-state index contributed by atoms with van der Waals surface area (Å²) in [5.74, 6) is 1.13. The maximum Gasteiger partial charge on any atom is 0.291 e. The van der Waals surface area contributed by atoms with Gasteiger partial charge in [0.25, 0.3) is 5.91 Å². The fraction of sp³-hybridized carbons (Fsp3) is 0.167. The normalized spacial score (nSPS) is 10.9. The van der Waals surface area contributed by atoms with Crippen molar-refractivity contribution in [2.24, 2.45) is 0 Å². The van der Waals surface area contributed by atoms with E-state index in [1.165, 1.54) is 0 Å². The number of nitrogens with one attached hydrogen (secondary N) is 1. The quantitative estimate of drug-likeness (QED) is 0.310. The minimum Gasteiger partial charge on any atom is -0.484 e. The summed E-state index contributed by atoms with van der Waals surface area (Å²) >= 11 is 9.40. The SMILES string of the molecule is Cc1nn(Cc2ccc(Cl)cc2)c(C)c1NC(=O)c1ccc(COc2ccccc2Br)o1. The molecule has 2 aromatic heterocycles. The van der Waals surface area contributed by atoms with Crippen molar-refractivity contribution >= 4 is 39.1 Å². The number of aryl methyl sites for hydroxylation is 1. The summed E-state index contributed by atoms with van der Waals surface area (Å²) in [6, 6.07) is 18.5. The van der Waals surface area contributed by atoms with Gasteiger partial charge in [-0.3, -0.25) is 9.48 Å². The topological polar surface area (TPSA) is 69.3 Å². The Hall–Kier alpha value is -3.03. The van der Waals surface area contributed by atoms with Crippen molar-refractivity contribution in [2.45, 2.75) is 27.0 Å². The number of aromatic nitrogens is 2. The summed E-state index contributed by atoms with van der Waals surface area (Å²) in [6.07, 6.45) is 0. The number of amides is 1. The molecule has 0 bridgehead atoms. The lowest BCUT2D eigenvalue weighted by Crippen LogP contribution is -2.12. The number of carbonyl (C=O) groups excluding carboxylic acids is 1. The van der Waals surface area contributed by atoms with Gasteiger partial charge < -0.3 is 14.5 Å². The molecule has 2 aromatic carbocycles. The number of hydrogen-bond donors (Lipinski definition) is 1. The van der Waals surface area contributed by atoms with Gasteiger partial charge in [0.2, 0.25) is 0 Å². The van der Waals surface area contributed by atoms with E-state index in [9.17, 15) is 4.79 Å². The van der Waals surface area contributed by atoms with Crippen LogP contribution in [0, 0.1) is 13.8 Å². The molecule has 6 nitrogen and oxygen atoms in total. The number of furan rings is 1. The molecule has 164 valence electrons. The minimum atomic E-state index is -0.339. The molecule has 0 aliphatic heterocycles. The van der Waals surface area contributed by atoms with E-state index < -0.39 is 0 Å². The Morgan fingerprint density at radius 2 is 1.88 bits per heavy atom. The number of rotatable bonds is 7. The van der Waals surface area contributed by atoms with Gasteiger partial charge >= 0.3 is 0 Å². The fourth-order valence-corrected chi connectivity index (χ4v) is 3.78. The zero-order valence-corrected chi connectivity index (χ0v) is 19.9. The van der Waals surface area contributed by atoms with Gasteiger partial charge in [-0.15, -0.1) is 0 Å². The van der Waals surface area contributed by atoms with E-state index in [1.54, 1.807) is 12.1 Å². The van der Waals surface area contributed by atoms with Crippen LogP contribution in [0.2, 0.25) is 5.02 Å². The Balaban J connectivity index is 1.42. The van der Waals surface area contributed by atoms with Crippen LogP contribution in [0.1, 0.15) is 33.3 Å². The second kappa shape index (κ2) is 9.63. The van der Waals surface area contributed by atoms with E-state index in [2.05, 4.69) is 26.3 Å². The molecule has 32 heavy (non-hydrogen) atoms. The minimum absolute atomic E-state index is 0.208. The average Bonchev–Trinajstić information content (AvgIpc) is 3.35. The molecule has 0 unspecified atom stereocenters. The molecule has 1 N–H and O–H groups in total. The summed E-state index contributed by atoms with van der Waals surface area (Å²) in [7, 11) is 0. The van der Waals surface area contributed by atoms with Gasteiger partial charge in [0.15, 0.2) is 5.76 Å². The number of hydrogen-bond acceptors (Lipinski definition) is 4. The molecule has 8 heteroatoms. The molecule has 0 radical (unpaired) electrons. The first-order valence-corrected chi connectivity index (χ1v) is 11.1. The van der Waals surface area contributed by atoms with Crippen LogP contribution in [0.15, 0.2) is 69.6 Å². The summed E-state index contributed by atoms with van der Waals surface area (Å²) in [6.45, 7) is 4.58. The van der Waals surface area contributed by atoms with Crippen LogP contribution in [-0.2, 0) is 13.2 Å². The fourth-order valence-electron chi connectivity index (χ4n) is 3.26. The van der Waals surface area contributed by atoms with Crippen molar-refractivity contribution in [3.8, 4) is 5.75 Å². The Labute approximate surface area is 199 Å². The van der Waals surface area contributed by atoms with Crippen molar-refractivity contribution in [1.29, 1.82) is 0 Å². The third-order valence-corrected chi connectivity index (χ3v) is 5.86. The summed E-state index contributed by atoms with van der Waals surface area (Å²) in [4.78, 5) is 12.8. The van der Waals surface area contributed by atoms with Crippen molar-refractivity contribution in [1.82, 2.24) is 9.78 Å². The largest absolute Gasteiger partial charge is 0.484 e. The summed E-state index contributed by atoms with van der Waals surface area (Å²) in [5.41, 5.74) is 3.33. The summed E-state index contributed by atoms with van der Waals surface area (Å²) in [5, 5.41) is 8.18. The number of anilines is 1. The zero-order valence-electron chi connectivity index (χ0n) is 17.6. The average molecular weight is 515 g/mol. The molecule has 4 rings (SSSR count). The standard InChI is InChI=1S/C24H21BrClN3O3/c1-15-23(16(2)29(28-15)13-17-7-9-18(26)10-8-17)27-24(30)22-12-11-19(32-22)14-31-21-6-4-3-5-20(21)25/h3-12H,13-14H2,1-2H3,(H,27,30). The molecule has 0 saturated carbocycles. The van der Waals surface area contributed by atoms with Gasteiger partial charge in [0.05, 0.1) is 28.1 Å². The second-order valence-electron chi connectivity index (χ2n) is 7.27. The third kappa shape index (κ3) is 5.06. The highest BCUT2D eigenvalue weighted by Gasteiger charge is 2.18. The number of benzene rings is 2. The van der Waals surface area contributed by atoms with E-state index in [-0.39, 0.29) is 18.3 Å². The van der Waals surface area contributed by atoms with E-state index in [1.807, 2.05) is 67.1 Å². The maximum atomic E-state index is 12.8. The Bertz CT molecular complexity index is 1250. The van der Waals surface area contributed by atoms with Crippen LogP contribution in [0.25, 0.3) is 0 Å². The van der Waals surface area contributed by atoms with Crippen molar-refractivity contribution in [3.63, 3.8) is 0 Å². The molecule has 0 fully saturated rings.